The number of halogens is 3. The van der Waals surface area contributed by atoms with E-state index < -0.39 is 23.3 Å². The number of carbonyl (C=O) groups excluding carboxylic acids is 1. The first-order valence-corrected chi connectivity index (χ1v) is 5.91. The molecule has 1 fully saturated rings. The van der Waals surface area contributed by atoms with E-state index in [2.05, 4.69) is 0 Å². The third-order valence-electron chi connectivity index (χ3n) is 3.55. The summed E-state index contributed by atoms with van der Waals surface area (Å²) in [5, 5.41) is 8.02. The van der Waals surface area contributed by atoms with Crippen LogP contribution in [0.15, 0.2) is 24.3 Å². The summed E-state index contributed by atoms with van der Waals surface area (Å²) in [5.41, 5.74) is -1.65. The summed E-state index contributed by atoms with van der Waals surface area (Å²) in [6, 6.07) is 3.91. The van der Waals surface area contributed by atoms with Crippen molar-refractivity contribution in [3.05, 3.63) is 29.8 Å². The number of nitrogens with one attached hydrogen (secondary N) is 1. The predicted molar refractivity (Wildman–Crippen MR) is 68.9 cm³/mol. The maximum absolute atomic E-state index is 12.7. The van der Waals surface area contributed by atoms with Gasteiger partial charge in [-0.3, -0.25) is 5.41 Å². The van der Waals surface area contributed by atoms with Gasteiger partial charge in [-0.25, -0.2) is 9.69 Å². The quantitative estimate of drug-likeness (QED) is 0.845. The molecule has 0 aromatic heterocycles. The summed E-state index contributed by atoms with van der Waals surface area (Å²) in [5.74, 6) is -0.0516. The minimum atomic E-state index is -4.48. The van der Waals surface area contributed by atoms with E-state index in [9.17, 15) is 18.0 Å². The number of urea groups is 1. The second kappa shape index (κ2) is 4.22. The first kappa shape index (κ1) is 14.4. The molecule has 7 heteroatoms. The fourth-order valence-electron chi connectivity index (χ4n) is 1.98. The third-order valence-corrected chi connectivity index (χ3v) is 3.55. The van der Waals surface area contributed by atoms with Crippen LogP contribution in [-0.2, 0) is 6.18 Å². The van der Waals surface area contributed by atoms with Crippen LogP contribution in [0.1, 0.15) is 19.4 Å². The molecule has 0 unspecified atom stereocenters. The van der Waals surface area contributed by atoms with Crippen LogP contribution in [0.4, 0.5) is 23.7 Å². The van der Waals surface area contributed by atoms with E-state index in [1.807, 2.05) is 0 Å². The van der Waals surface area contributed by atoms with Gasteiger partial charge in [-0.15, -0.1) is 0 Å². The van der Waals surface area contributed by atoms with Crippen molar-refractivity contribution in [2.45, 2.75) is 25.6 Å². The van der Waals surface area contributed by atoms with Gasteiger partial charge >= 0.3 is 12.2 Å². The van der Waals surface area contributed by atoms with Crippen LogP contribution in [0.25, 0.3) is 0 Å². The predicted octanol–water partition coefficient (Wildman–Crippen LogP) is 3.33. The van der Waals surface area contributed by atoms with E-state index in [0.29, 0.717) is 0 Å². The number of hydrogen-bond donors (Lipinski definition) is 1. The number of hydrogen-bond acceptors (Lipinski definition) is 2. The van der Waals surface area contributed by atoms with Crippen LogP contribution >= 0.6 is 0 Å². The lowest BCUT2D eigenvalue weighted by molar-refractivity contribution is -0.137. The van der Waals surface area contributed by atoms with Crippen LogP contribution < -0.4 is 4.90 Å². The van der Waals surface area contributed by atoms with Gasteiger partial charge in [0.25, 0.3) is 0 Å². The van der Waals surface area contributed by atoms with Crippen molar-refractivity contribution in [3.63, 3.8) is 0 Å². The minimum absolute atomic E-state index is 0.0484. The molecular formula is C13H14F3N3O. The molecule has 0 bridgehead atoms. The van der Waals surface area contributed by atoms with E-state index in [0.717, 1.165) is 17.0 Å². The number of alkyl halides is 3. The Hall–Kier alpha value is -2.05. The number of amidine groups is 1. The lowest BCUT2D eigenvalue weighted by atomic mass is 10.0. The standard InChI is InChI=1S/C13H14F3N3O/c1-12(2)10(17)19(11(20)18(12)3)9-6-4-5-8(7-9)13(14,15)16/h4-7,17H,1-3H3. The Balaban J connectivity index is 2.48. The number of benzene rings is 1. The molecule has 20 heavy (non-hydrogen) atoms. The Morgan fingerprint density at radius 1 is 1.25 bits per heavy atom. The van der Waals surface area contributed by atoms with Gasteiger partial charge < -0.3 is 4.90 Å². The highest BCUT2D eigenvalue weighted by molar-refractivity contribution is 6.24. The van der Waals surface area contributed by atoms with Gasteiger partial charge in [0.15, 0.2) is 0 Å². The van der Waals surface area contributed by atoms with Crippen LogP contribution in [0.5, 0.6) is 0 Å². The maximum Gasteiger partial charge on any atom is 0.416 e. The Bertz CT molecular complexity index is 580. The van der Waals surface area contributed by atoms with E-state index in [1.54, 1.807) is 13.8 Å². The SMILES string of the molecule is CN1C(=O)N(c2cccc(C(F)(F)F)c2)C(=N)C1(C)C. The highest BCUT2D eigenvalue weighted by atomic mass is 19.4. The zero-order chi connectivity index (χ0) is 15.3. The van der Waals surface area contributed by atoms with Gasteiger partial charge in [-0.2, -0.15) is 13.2 Å². The zero-order valence-corrected chi connectivity index (χ0v) is 11.2. The van der Waals surface area contributed by atoms with Gasteiger partial charge in [0.2, 0.25) is 0 Å². The molecule has 1 aromatic rings. The number of nitrogens with zero attached hydrogens (tertiary/aromatic N) is 2. The topological polar surface area (TPSA) is 47.4 Å². The smallest absolute Gasteiger partial charge is 0.315 e. The molecule has 0 aliphatic carbocycles. The Labute approximate surface area is 114 Å². The molecule has 0 radical (unpaired) electrons. The van der Waals surface area contributed by atoms with Crippen LogP contribution in [-0.4, -0.2) is 29.4 Å². The molecule has 1 N–H and O–H groups in total. The van der Waals surface area contributed by atoms with Gasteiger partial charge in [0.05, 0.1) is 16.8 Å². The molecule has 1 saturated heterocycles. The Morgan fingerprint density at radius 2 is 1.85 bits per heavy atom. The number of amides is 2. The van der Waals surface area contributed by atoms with Crippen LogP contribution in [0.2, 0.25) is 0 Å². The first-order valence-electron chi connectivity index (χ1n) is 5.91. The summed E-state index contributed by atoms with van der Waals surface area (Å²) in [7, 11) is 1.52. The number of likely N-dealkylation sites (N-methyl/N-ethyl adjacent to an activating group) is 1. The number of carbonyl (C=O) groups is 1. The maximum atomic E-state index is 12.7. The molecule has 2 rings (SSSR count). The fraction of sp³-hybridized carbons (Fsp3) is 0.385. The molecule has 1 aromatic carbocycles. The largest absolute Gasteiger partial charge is 0.416 e. The lowest BCUT2D eigenvalue weighted by Gasteiger charge is -2.24. The van der Waals surface area contributed by atoms with Crippen LogP contribution in [0.3, 0.4) is 0 Å². The molecular weight excluding hydrogens is 271 g/mol. The van der Waals surface area contributed by atoms with Gasteiger partial charge in [-0.1, -0.05) is 6.07 Å². The summed E-state index contributed by atoms with van der Waals surface area (Å²) >= 11 is 0. The van der Waals surface area contributed by atoms with Gasteiger partial charge in [0.1, 0.15) is 5.84 Å². The monoisotopic (exact) mass is 285 g/mol. The van der Waals surface area contributed by atoms with Crippen molar-refractivity contribution in [1.29, 1.82) is 5.41 Å². The normalized spacial score (nSPS) is 18.9. The van der Waals surface area contributed by atoms with E-state index in [4.69, 9.17) is 5.41 Å². The summed E-state index contributed by atoms with van der Waals surface area (Å²) in [6.45, 7) is 3.34. The van der Waals surface area contributed by atoms with Crippen molar-refractivity contribution in [2.75, 3.05) is 11.9 Å². The van der Waals surface area contributed by atoms with Gasteiger partial charge in [-0.05, 0) is 32.0 Å². The Morgan fingerprint density at radius 3 is 2.30 bits per heavy atom. The number of anilines is 1. The van der Waals surface area contributed by atoms with Gasteiger partial charge in [0, 0.05) is 7.05 Å². The second-order valence-electron chi connectivity index (χ2n) is 5.13. The molecule has 0 atom stereocenters. The first-order chi connectivity index (χ1) is 9.06. The molecule has 0 spiro atoms. The summed E-state index contributed by atoms with van der Waals surface area (Å²) in [4.78, 5) is 14.4. The van der Waals surface area contributed by atoms with Crippen molar-refractivity contribution in [1.82, 2.24) is 4.90 Å². The lowest BCUT2D eigenvalue weighted by Crippen LogP contribution is -2.41. The molecule has 1 aliphatic heterocycles. The summed E-state index contributed by atoms with van der Waals surface area (Å²) in [6.07, 6.45) is -4.48. The van der Waals surface area contributed by atoms with E-state index in [-0.39, 0.29) is 11.5 Å². The van der Waals surface area contributed by atoms with Crippen LogP contribution in [0, 0.1) is 5.41 Å². The van der Waals surface area contributed by atoms with Crippen molar-refractivity contribution >= 4 is 17.6 Å². The third kappa shape index (κ3) is 2.03. The fourth-order valence-corrected chi connectivity index (χ4v) is 1.98. The highest BCUT2D eigenvalue weighted by Gasteiger charge is 2.47. The molecule has 108 valence electrons. The molecule has 1 aliphatic rings. The molecule has 0 saturated carbocycles. The second-order valence-corrected chi connectivity index (χ2v) is 5.13. The average molecular weight is 285 g/mol. The van der Waals surface area contributed by atoms with E-state index >= 15 is 0 Å². The highest BCUT2D eigenvalue weighted by Crippen LogP contribution is 2.35. The van der Waals surface area contributed by atoms with Crippen molar-refractivity contribution in [2.24, 2.45) is 0 Å². The molecule has 4 nitrogen and oxygen atoms in total. The van der Waals surface area contributed by atoms with Crippen molar-refractivity contribution < 1.29 is 18.0 Å². The molecule has 1 heterocycles. The van der Waals surface area contributed by atoms with Crippen molar-refractivity contribution in [3.8, 4) is 0 Å². The Kier molecular flexibility index (Phi) is 3.03. The molecule has 2 amide bonds. The average Bonchev–Trinajstić information content (AvgIpc) is 2.50. The summed E-state index contributed by atoms with van der Waals surface area (Å²) < 4.78 is 38.1. The zero-order valence-electron chi connectivity index (χ0n) is 11.2. The number of rotatable bonds is 1. The minimum Gasteiger partial charge on any atom is -0.315 e. The van der Waals surface area contributed by atoms with E-state index in [1.165, 1.54) is 24.1 Å².